The molecule has 0 saturated carbocycles. The highest BCUT2D eigenvalue weighted by Gasteiger charge is 1.86. The number of rotatable bonds is 3. The van der Waals surface area contributed by atoms with E-state index in [1.165, 1.54) is 0 Å². The van der Waals surface area contributed by atoms with Crippen LogP contribution in [0, 0.1) is 0 Å². The van der Waals surface area contributed by atoms with Gasteiger partial charge >= 0.3 is 0 Å². The van der Waals surface area contributed by atoms with Gasteiger partial charge in [0.25, 0.3) is 0 Å². The normalized spacial score (nSPS) is 10.3. The van der Waals surface area contributed by atoms with Gasteiger partial charge in [-0.2, -0.15) is 0 Å². The van der Waals surface area contributed by atoms with E-state index in [0.29, 0.717) is 6.42 Å². The molecule has 1 rings (SSSR count). The van der Waals surface area contributed by atoms with E-state index in [-0.39, 0.29) is 0 Å². The fraction of sp³-hybridized carbons (Fsp3) is 0.100. The molecule has 0 fully saturated rings. The van der Waals surface area contributed by atoms with E-state index < -0.39 is 0 Å². The van der Waals surface area contributed by atoms with E-state index in [9.17, 15) is 4.79 Å². The SMILES string of the molecule is Nc1cccc(C=CCC=O)c1. The molecule has 0 saturated heterocycles. The fourth-order valence-electron chi connectivity index (χ4n) is 0.922. The minimum atomic E-state index is 0.453. The Bertz CT molecular complexity index is 292. The first-order valence-electron chi connectivity index (χ1n) is 3.78. The first kappa shape index (κ1) is 8.53. The van der Waals surface area contributed by atoms with Gasteiger partial charge in [0.1, 0.15) is 6.29 Å². The highest BCUT2D eigenvalue weighted by Crippen LogP contribution is 2.07. The lowest BCUT2D eigenvalue weighted by Gasteiger charge is -1.94. The van der Waals surface area contributed by atoms with Gasteiger partial charge < -0.3 is 10.5 Å². The van der Waals surface area contributed by atoms with Gasteiger partial charge in [0.15, 0.2) is 0 Å². The second-order valence-electron chi connectivity index (χ2n) is 2.47. The predicted octanol–water partition coefficient (Wildman–Crippen LogP) is 1.87. The highest BCUT2D eigenvalue weighted by molar-refractivity contribution is 5.60. The molecule has 0 amide bonds. The van der Waals surface area contributed by atoms with Crippen LogP contribution in [0.1, 0.15) is 12.0 Å². The number of nitrogens with two attached hydrogens (primary N) is 1. The van der Waals surface area contributed by atoms with Crippen LogP contribution in [-0.4, -0.2) is 6.29 Å². The van der Waals surface area contributed by atoms with E-state index in [1.807, 2.05) is 36.4 Å². The number of hydrogen-bond donors (Lipinski definition) is 1. The Morgan fingerprint density at radius 1 is 1.42 bits per heavy atom. The number of allylic oxidation sites excluding steroid dienone is 1. The Balaban J connectivity index is 2.69. The van der Waals surface area contributed by atoms with E-state index in [4.69, 9.17) is 5.73 Å². The van der Waals surface area contributed by atoms with Crippen molar-refractivity contribution in [2.75, 3.05) is 5.73 Å². The summed E-state index contributed by atoms with van der Waals surface area (Å²) in [4.78, 5) is 9.99. The number of aldehydes is 1. The van der Waals surface area contributed by atoms with Crippen molar-refractivity contribution < 1.29 is 4.79 Å². The average molecular weight is 161 g/mol. The molecular formula is C10H11NO. The number of hydrogen-bond acceptors (Lipinski definition) is 2. The molecular weight excluding hydrogens is 150 g/mol. The number of benzene rings is 1. The minimum Gasteiger partial charge on any atom is -0.399 e. The highest BCUT2D eigenvalue weighted by atomic mass is 16.1. The summed E-state index contributed by atoms with van der Waals surface area (Å²) in [6.07, 6.45) is 5.00. The van der Waals surface area contributed by atoms with Crippen molar-refractivity contribution >= 4 is 18.0 Å². The molecule has 0 atom stereocenters. The Labute approximate surface area is 71.7 Å². The smallest absolute Gasteiger partial charge is 0.123 e. The Morgan fingerprint density at radius 3 is 2.92 bits per heavy atom. The lowest BCUT2D eigenvalue weighted by molar-refractivity contribution is -0.107. The maximum absolute atomic E-state index is 9.99. The van der Waals surface area contributed by atoms with Gasteiger partial charge in [-0.3, -0.25) is 0 Å². The maximum atomic E-state index is 9.99. The zero-order valence-corrected chi connectivity index (χ0v) is 6.73. The summed E-state index contributed by atoms with van der Waals surface area (Å²) in [5, 5.41) is 0. The minimum absolute atomic E-state index is 0.453. The summed E-state index contributed by atoms with van der Waals surface area (Å²) in [5.74, 6) is 0. The topological polar surface area (TPSA) is 43.1 Å². The molecule has 0 aliphatic rings. The summed E-state index contributed by atoms with van der Waals surface area (Å²) in [6.45, 7) is 0. The Morgan fingerprint density at radius 2 is 2.25 bits per heavy atom. The molecule has 0 aliphatic heterocycles. The molecule has 62 valence electrons. The molecule has 0 aromatic heterocycles. The molecule has 0 spiro atoms. The van der Waals surface area contributed by atoms with Crippen LogP contribution in [0.4, 0.5) is 5.69 Å². The summed E-state index contributed by atoms with van der Waals surface area (Å²) in [6, 6.07) is 7.52. The van der Waals surface area contributed by atoms with Crippen molar-refractivity contribution in [1.29, 1.82) is 0 Å². The van der Waals surface area contributed by atoms with Crippen molar-refractivity contribution in [2.45, 2.75) is 6.42 Å². The van der Waals surface area contributed by atoms with Crippen molar-refractivity contribution in [3.05, 3.63) is 35.9 Å². The van der Waals surface area contributed by atoms with Crippen LogP contribution in [0.5, 0.6) is 0 Å². The van der Waals surface area contributed by atoms with Gasteiger partial charge in [0.2, 0.25) is 0 Å². The van der Waals surface area contributed by atoms with E-state index in [0.717, 1.165) is 17.5 Å². The Kier molecular flexibility index (Phi) is 3.08. The van der Waals surface area contributed by atoms with Crippen LogP contribution in [0.2, 0.25) is 0 Å². The van der Waals surface area contributed by atoms with Crippen molar-refractivity contribution in [1.82, 2.24) is 0 Å². The van der Waals surface area contributed by atoms with Gasteiger partial charge in [-0.05, 0) is 17.7 Å². The maximum Gasteiger partial charge on any atom is 0.123 e. The third-order valence-electron chi connectivity index (χ3n) is 1.45. The van der Waals surface area contributed by atoms with Gasteiger partial charge in [-0.15, -0.1) is 0 Å². The third kappa shape index (κ3) is 2.58. The van der Waals surface area contributed by atoms with Crippen LogP contribution in [-0.2, 0) is 4.79 Å². The summed E-state index contributed by atoms with van der Waals surface area (Å²) >= 11 is 0. The largest absolute Gasteiger partial charge is 0.399 e. The number of anilines is 1. The van der Waals surface area contributed by atoms with E-state index in [2.05, 4.69) is 0 Å². The Hall–Kier alpha value is -1.57. The molecule has 0 heterocycles. The van der Waals surface area contributed by atoms with Crippen LogP contribution in [0.15, 0.2) is 30.3 Å². The molecule has 0 aliphatic carbocycles. The van der Waals surface area contributed by atoms with Crippen LogP contribution < -0.4 is 5.73 Å². The molecule has 2 N–H and O–H groups in total. The van der Waals surface area contributed by atoms with E-state index >= 15 is 0 Å². The predicted molar refractivity (Wildman–Crippen MR) is 50.6 cm³/mol. The van der Waals surface area contributed by atoms with Gasteiger partial charge in [0.05, 0.1) is 0 Å². The number of nitrogen functional groups attached to an aromatic ring is 1. The molecule has 1 aromatic carbocycles. The van der Waals surface area contributed by atoms with Crippen LogP contribution >= 0.6 is 0 Å². The quantitative estimate of drug-likeness (QED) is 0.543. The molecule has 0 bridgehead atoms. The van der Waals surface area contributed by atoms with Crippen molar-refractivity contribution in [2.24, 2.45) is 0 Å². The first-order chi connectivity index (χ1) is 5.83. The second kappa shape index (κ2) is 4.34. The summed E-state index contributed by atoms with van der Waals surface area (Å²) < 4.78 is 0. The fourth-order valence-corrected chi connectivity index (χ4v) is 0.922. The number of carbonyl (C=O) groups excluding carboxylic acids is 1. The summed E-state index contributed by atoms with van der Waals surface area (Å²) in [7, 11) is 0. The lowest BCUT2D eigenvalue weighted by Crippen LogP contribution is -1.83. The average Bonchev–Trinajstić information content (AvgIpc) is 2.05. The first-order valence-corrected chi connectivity index (χ1v) is 3.78. The zero-order chi connectivity index (χ0) is 8.81. The third-order valence-corrected chi connectivity index (χ3v) is 1.45. The molecule has 2 heteroatoms. The van der Waals surface area contributed by atoms with Crippen molar-refractivity contribution in [3.8, 4) is 0 Å². The van der Waals surface area contributed by atoms with E-state index in [1.54, 1.807) is 0 Å². The molecule has 1 aromatic rings. The molecule has 12 heavy (non-hydrogen) atoms. The van der Waals surface area contributed by atoms with Crippen LogP contribution in [0.3, 0.4) is 0 Å². The number of carbonyl (C=O) groups is 1. The standard InChI is InChI=1S/C10H11NO/c11-10-6-3-5-9(8-10)4-1-2-7-12/h1,3-8H,2,11H2. The van der Waals surface area contributed by atoms with Gasteiger partial charge in [-0.1, -0.05) is 24.3 Å². The molecule has 0 radical (unpaired) electrons. The monoisotopic (exact) mass is 161 g/mol. The van der Waals surface area contributed by atoms with Gasteiger partial charge in [0, 0.05) is 12.1 Å². The molecule has 2 nitrogen and oxygen atoms in total. The lowest BCUT2D eigenvalue weighted by atomic mass is 10.2. The molecule has 0 unspecified atom stereocenters. The van der Waals surface area contributed by atoms with Crippen molar-refractivity contribution in [3.63, 3.8) is 0 Å². The van der Waals surface area contributed by atoms with Crippen LogP contribution in [0.25, 0.3) is 6.08 Å². The summed E-state index contributed by atoms with van der Waals surface area (Å²) in [5.41, 5.74) is 7.32. The van der Waals surface area contributed by atoms with Gasteiger partial charge in [-0.25, -0.2) is 0 Å². The second-order valence-corrected chi connectivity index (χ2v) is 2.47. The zero-order valence-electron chi connectivity index (χ0n) is 6.73.